The number of hydrogen-bond acceptors (Lipinski definition) is 21. The molecule has 0 aliphatic heterocycles. The second-order valence-corrected chi connectivity index (χ2v) is 16.0. The van der Waals surface area contributed by atoms with E-state index in [1.54, 1.807) is 12.1 Å². The average molecular weight is 1040 g/mol. The molecule has 1 fully saturated rings. The number of hydrogen-bond donors (Lipinski definition) is 0. The number of rotatable bonds is 25. The molecule has 21 heteroatoms. The minimum absolute atomic E-state index is 0.00613. The van der Waals surface area contributed by atoms with Crippen LogP contribution in [0.1, 0.15) is 92.8 Å². The summed E-state index contributed by atoms with van der Waals surface area (Å²) in [6.07, 6.45) is 3.60. The molecule has 21 nitrogen and oxygen atoms in total. The maximum Gasteiger partial charge on any atom is 0.343 e. The number of benzene rings is 4. The van der Waals surface area contributed by atoms with Crippen LogP contribution in [0.2, 0.25) is 0 Å². The summed E-state index contributed by atoms with van der Waals surface area (Å²) in [6.45, 7) is 6.78. The smallest absolute Gasteiger partial charge is 0.343 e. The Balaban J connectivity index is 1.08. The van der Waals surface area contributed by atoms with Gasteiger partial charge in [-0.3, -0.25) is 19.2 Å². The van der Waals surface area contributed by atoms with Crippen molar-refractivity contribution in [3.05, 3.63) is 132 Å². The van der Waals surface area contributed by atoms with Gasteiger partial charge in [0.25, 0.3) is 0 Å². The zero-order valence-electron chi connectivity index (χ0n) is 40.9. The lowest BCUT2D eigenvalue weighted by atomic mass is 9.82. The molecule has 0 saturated heterocycles. The van der Waals surface area contributed by atoms with Gasteiger partial charge in [-0.15, -0.1) is 0 Å². The largest absolute Gasteiger partial charge is 0.494 e. The standard InChI is InChI=1S/C54H52O21/c1-5-45(55)68-28-8-7-27-67-37-17-13-35(14-18-37)51(61)74-43-23-21-39(31-41(43)53(63)65-3)72-49(59)33-9-11-34(12-10-33)50(60)73-40-22-24-44(42(32-40)54(64)66-4)75-52(62)36-15-19-38(20-16-36)71-48(58)26-25-47(57)70-30-29-69-46(56)6-2/h5-6,13-24,31-34H,1-2,7-12,25-30H2,3-4H3. The summed E-state index contributed by atoms with van der Waals surface area (Å²) in [5.41, 5.74) is -0.261. The summed E-state index contributed by atoms with van der Waals surface area (Å²) >= 11 is 0. The van der Waals surface area contributed by atoms with E-state index in [1.807, 2.05) is 0 Å². The molecule has 0 atom stereocenters. The number of methoxy groups -OCH3 is 2. The van der Waals surface area contributed by atoms with Gasteiger partial charge in [0, 0.05) is 12.2 Å². The van der Waals surface area contributed by atoms with Crippen LogP contribution in [-0.4, -0.2) is 100 Å². The van der Waals surface area contributed by atoms with E-state index in [4.69, 9.17) is 47.4 Å². The fraction of sp³-hybridized carbons (Fsp3) is 0.296. The van der Waals surface area contributed by atoms with Crippen molar-refractivity contribution in [2.45, 2.75) is 51.4 Å². The molecular formula is C54H52O21. The number of ether oxygens (including phenoxy) is 11. The highest BCUT2D eigenvalue weighted by Crippen LogP contribution is 2.34. The number of esters is 10. The third-order valence-electron chi connectivity index (χ3n) is 10.9. The van der Waals surface area contributed by atoms with Crippen LogP contribution in [0.3, 0.4) is 0 Å². The van der Waals surface area contributed by atoms with Gasteiger partial charge < -0.3 is 52.1 Å². The van der Waals surface area contributed by atoms with E-state index in [0.29, 0.717) is 25.2 Å². The van der Waals surface area contributed by atoms with Gasteiger partial charge in [-0.25, -0.2) is 28.8 Å². The van der Waals surface area contributed by atoms with Crippen LogP contribution in [0.4, 0.5) is 0 Å². The van der Waals surface area contributed by atoms with Gasteiger partial charge in [-0.05, 0) is 123 Å². The molecule has 75 heavy (non-hydrogen) atoms. The van der Waals surface area contributed by atoms with Crippen molar-refractivity contribution in [1.82, 2.24) is 0 Å². The summed E-state index contributed by atoms with van der Waals surface area (Å²) in [4.78, 5) is 124. The van der Waals surface area contributed by atoms with Crippen LogP contribution in [0.5, 0.6) is 34.5 Å². The molecule has 4 aromatic carbocycles. The molecule has 0 unspecified atom stereocenters. The minimum atomic E-state index is -0.907. The Kier molecular flexibility index (Phi) is 21.8. The molecule has 4 aromatic rings. The molecule has 0 bridgehead atoms. The highest BCUT2D eigenvalue weighted by molar-refractivity contribution is 5.98. The van der Waals surface area contributed by atoms with E-state index in [1.165, 1.54) is 72.8 Å². The van der Waals surface area contributed by atoms with Crippen molar-refractivity contribution in [3.63, 3.8) is 0 Å². The Morgan fingerprint density at radius 2 is 0.867 bits per heavy atom. The van der Waals surface area contributed by atoms with Crippen molar-refractivity contribution < 1.29 is 100 Å². The Hall–Kier alpha value is -9.14. The second kappa shape index (κ2) is 28.8. The Labute approximate surface area is 429 Å². The van der Waals surface area contributed by atoms with Crippen LogP contribution in [0.25, 0.3) is 0 Å². The van der Waals surface area contributed by atoms with Crippen molar-refractivity contribution in [1.29, 1.82) is 0 Å². The lowest BCUT2D eigenvalue weighted by Gasteiger charge is -2.26. The summed E-state index contributed by atoms with van der Waals surface area (Å²) in [7, 11) is 2.24. The van der Waals surface area contributed by atoms with E-state index in [-0.39, 0.29) is 109 Å². The Morgan fingerprint density at radius 1 is 0.453 bits per heavy atom. The monoisotopic (exact) mass is 1040 g/mol. The van der Waals surface area contributed by atoms with Gasteiger partial charge >= 0.3 is 59.7 Å². The summed E-state index contributed by atoms with van der Waals surface area (Å²) in [6, 6.07) is 18.9. The fourth-order valence-electron chi connectivity index (χ4n) is 6.93. The highest BCUT2D eigenvalue weighted by Gasteiger charge is 2.33. The van der Waals surface area contributed by atoms with Crippen LogP contribution in [-0.2, 0) is 52.5 Å². The highest BCUT2D eigenvalue weighted by atomic mass is 16.6. The molecule has 0 aromatic heterocycles. The molecule has 394 valence electrons. The van der Waals surface area contributed by atoms with Crippen LogP contribution >= 0.6 is 0 Å². The van der Waals surface area contributed by atoms with Crippen molar-refractivity contribution in [3.8, 4) is 34.5 Å². The molecule has 1 aliphatic carbocycles. The number of carbonyl (C=O) groups is 10. The zero-order chi connectivity index (χ0) is 54.3. The number of unbranched alkanes of at least 4 members (excludes halogenated alkanes) is 1. The molecule has 1 saturated carbocycles. The van der Waals surface area contributed by atoms with Gasteiger partial charge in [0.2, 0.25) is 0 Å². The maximum atomic E-state index is 13.3. The van der Waals surface area contributed by atoms with Gasteiger partial charge in [-0.2, -0.15) is 0 Å². The first-order chi connectivity index (χ1) is 36.1. The Morgan fingerprint density at radius 3 is 1.33 bits per heavy atom. The fourth-order valence-corrected chi connectivity index (χ4v) is 6.93. The maximum absolute atomic E-state index is 13.3. The molecule has 0 spiro atoms. The molecule has 5 rings (SSSR count). The summed E-state index contributed by atoms with van der Waals surface area (Å²) < 4.78 is 57.3. The Bertz CT molecular complexity index is 2750. The first kappa shape index (κ1) is 56.8. The topological polar surface area (TPSA) is 272 Å². The first-order valence-corrected chi connectivity index (χ1v) is 23.2. The number of carbonyl (C=O) groups excluding carboxylic acids is 10. The lowest BCUT2D eigenvalue weighted by Crippen LogP contribution is -2.30. The van der Waals surface area contributed by atoms with Gasteiger partial charge in [0.05, 0.1) is 63.2 Å². The molecule has 0 amide bonds. The van der Waals surface area contributed by atoms with E-state index < -0.39 is 71.5 Å². The predicted molar refractivity (Wildman–Crippen MR) is 258 cm³/mol. The molecular weight excluding hydrogens is 985 g/mol. The van der Waals surface area contributed by atoms with Crippen molar-refractivity contribution in [2.24, 2.45) is 11.8 Å². The van der Waals surface area contributed by atoms with E-state index in [2.05, 4.69) is 17.9 Å². The quantitative estimate of drug-likeness (QED) is 0.0215. The van der Waals surface area contributed by atoms with E-state index in [0.717, 1.165) is 26.4 Å². The van der Waals surface area contributed by atoms with Crippen LogP contribution in [0.15, 0.2) is 110 Å². The van der Waals surface area contributed by atoms with Crippen molar-refractivity contribution in [2.75, 3.05) is 40.6 Å². The first-order valence-electron chi connectivity index (χ1n) is 23.2. The van der Waals surface area contributed by atoms with Crippen LogP contribution in [0, 0.1) is 11.8 Å². The zero-order valence-corrected chi connectivity index (χ0v) is 40.9. The van der Waals surface area contributed by atoms with Gasteiger partial charge in [-0.1, -0.05) is 13.2 Å². The molecule has 0 heterocycles. The van der Waals surface area contributed by atoms with E-state index in [9.17, 15) is 47.9 Å². The molecule has 0 radical (unpaired) electrons. The average Bonchev–Trinajstić information content (AvgIpc) is 3.42. The van der Waals surface area contributed by atoms with Gasteiger partial charge in [0.15, 0.2) is 0 Å². The third kappa shape index (κ3) is 17.8. The minimum Gasteiger partial charge on any atom is -0.494 e. The third-order valence-corrected chi connectivity index (χ3v) is 10.9. The van der Waals surface area contributed by atoms with E-state index >= 15 is 0 Å². The molecule has 1 aliphatic rings. The van der Waals surface area contributed by atoms with Crippen molar-refractivity contribution >= 4 is 59.7 Å². The predicted octanol–water partition coefficient (Wildman–Crippen LogP) is 6.86. The molecule has 0 N–H and O–H groups in total. The summed E-state index contributed by atoms with van der Waals surface area (Å²) in [5, 5.41) is 0. The lowest BCUT2D eigenvalue weighted by molar-refractivity contribution is -0.151. The normalized spacial score (nSPS) is 13.5. The second-order valence-electron chi connectivity index (χ2n) is 16.0. The summed E-state index contributed by atoms with van der Waals surface area (Å²) in [5.74, 6) is -8.51. The van der Waals surface area contributed by atoms with Gasteiger partial charge in [0.1, 0.15) is 58.8 Å². The van der Waals surface area contributed by atoms with Crippen LogP contribution < -0.4 is 28.4 Å². The SMILES string of the molecule is C=CC(=O)OCCCCOc1ccc(C(=O)Oc2ccc(OC(=O)C3CCC(C(=O)Oc4ccc(OC(=O)c5ccc(OC(=O)CCC(=O)OCCOC(=O)C=C)cc5)c(C(=O)OC)c4)CC3)cc2C(=O)OC)cc1.